The fourth-order valence-corrected chi connectivity index (χ4v) is 2.72. The van der Waals surface area contributed by atoms with Gasteiger partial charge in [0, 0.05) is 6.42 Å². The summed E-state index contributed by atoms with van der Waals surface area (Å²) in [5, 5.41) is 12.0. The van der Waals surface area contributed by atoms with Gasteiger partial charge in [0.1, 0.15) is 0 Å². The molecule has 27 heavy (non-hydrogen) atoms. The minimum atomic E-state index is -1.11. The predicted octanol–water partition coefficient (Wildman–Crippen LogP) is 4.10. The van der Waals surface area contributed by atoms with Crippen molar-refractivity contribution >= 4 is 17.6 Å². The van der Waals surface area contributed by atoms with Gasteiger partial charge in [0.05, 0.1) is 25.5 Å². The molecule has 1 amide bonds. The maximum absolute atomic E-state index is 12.4. The van der Waals surface area contributed by atoms with Gasteiger partial charge in [0.2, 0.25) is 5.91 Å². The van der Waals surface area contributed by atoms with E-state index in [4.69, 9.17) is 9.47 Å². The van der Waals surface area contributed by atoms with Gasteiger partial charge in [-0.3, -0.25) is 4.79 Å². The minimum absolute atomic E-state index is 0.00669. The summed E-state index contributed by atoms with van der Waals surface area (Å²) in [5.74, 6) is -0.345. The van der Waals surface area contributed by atoms with E-state index in [1.165, 1.54) is 31.9 Å². The van der Waals surface area contributed by atoms with Gasteiger partial charge in [-0.25, -0.2) is 4.79 Å². The molecule has 0 aliphatic heterocycles. The molecule has 0 aliphatic carbocycles. The topological polar surface area (TPSA) is 84.9 Å². The Morgan fingerprint density at radius 2 is 1.74 bits per heavy atom. The third-order valence-electron chi connectivity index (χ3n) is 4.29. The van der Waals surface area contributed by atoms with Crippen LogP contribution in [-0.4, -0.2) is 31.2 Å². The molecule has 144 valence electrons. The average molecular weight is 371 g/mol. The number of ether oxygens (including phenoxy) is 2. The van der Waals surface area contributed by atoms with E-state index in [1.807, 2.05) is 12.1 Å². The number of nitrogens with one attached hydrogen (secondary N) is 1. The molecule has 0 aliphatic rings. The molecule has 0 heterocycles. The standard InChI is InChI=1S/C21H25NO5/c1-13(2)15-8-5-14(6-9-15)7-10-19(23)22-17-11-16(21(24)25)12-18(26-3)20(17)27-4/h5-6,8-9,11-13H,7,10H2,1-4H3,(H,22,23)(H,24,25). The van der Waals surface area contributed by atoms with Gasteiger partial charge in [-0.15, -0.1) is 0 Å². The third kappa shape index (κ3) is 5.23. The number of hydrogen-bond donors (Lipinski definition) is 2. The van der Waals surface area contributed by atoms with Gasteiger partial charge in [0.25, 0.3) is 0 Å². The summed E-state index contributed by atoms with van der Waals surface area (Å²) < 4.78 is 10.4. The quantitative estimate of drug-likeness (QED) is 0.730. The first-order chi connectivity index (χ1) is 12.8. The highest BCUT2D eigenvalue weighted by molar-refractivity contribution is 5.96. The van der Waals surface area contributed by atoms with Gasteiger partial charge < -0.3 is 19.9 Å². The summed E-state index contributed by atoms with van der Waals surface area (Å²) >= 11 is 0. The molecule has 0 aromatic heterocycles. The van der Waals surface area contributed by atoms with Crippen molar-refractivity contribution in [2.45, 2.75) is 32.6 Å². The lowest BCUT2D eigenvalue weighted by molar-refractivity contribution is -0.116. The number of aryl methyl sites for hydroxylation is 1. The number of anilines is 1. The number of carbonyl (C=O) groups is 2. The van der Waals surface area contributed by atoms with Crippen LogP contribution in [0.1, 0.15) is 47.7 Å². The van der Waals surface area contributed by atoms with Crippen LogP contribution in [0.5, 0.6) is 11.5 Å². The SMILES string of the molecule is COc1cc(C(=O)O)cc(NC(=O)CCc2ccc(C(C)C)cc2)c1OC. The number of carboxylic acid groups (broad SMARTS) is 1. The van der Waals surface area contributed by atoms with Crippen LogP contribution in [0.3, 0.4) is 0 Å². The Morgan fingerprint density at radius 3 is 2.26 bits per heavy atom. The maximum atomic E-state index is 12.4. The van der Waals surface area contributed by atoms with Gasteiger partial charge in [-0.1, -0.05) is 38.1 Å². The van der Waals surface area contributed by atoms with Crippen LogP contribution in [0.15, 0.2) is 36.4 Å². The summed E-state index contributed by atoms with van der Waals surface area (Å²) in [5.41, 5.74) is 2.60. The molecule has 0 saturated heterocycles. The van der Waals surface area contributed by atoms with Crippen LogP contribution >= 0.6 is 0 Å². The zero-order valence-electron chi connectivity index (χ0n) is 16.0. The zero-order valence-corrected chi connectivity index (χ0v) is 16.0. The summed E-state index contributed by atoms with van der Waals surface area (Å²) in [4.78, 5) is 23.6. The number of amides is 1. The highest BCUT2D eigenvalue weighted by atomic mass is 16.5. The molecule has 0 spiro atoms. The molecule has 0 fully saturated rings. The van der Waals surface area contributed by atoms with Crippen LogP contribution in [0, 0.1) is 0 Å². The molecule has 2 aromatic carbocycles. The van der Waals surface area contributed by atoms with Crippen molar-refractivity contribution in [2.75, 3.05) is 19.5 Å². The lowest BCUT2D eigenvalue weighted by Crippen LogP contribution is -2.14. The second kappa shape index (κ2) is 9.07. The summed E-state index contributed by atoms with van der Waals surface area (Å²) in [6.07, 6.45) is 0.853. The normalized spacial score (nSPS) is 10.6. The monoisotopic (exact) mass is 371 g/mol. The van der Waals surface area contributed by atoms with Crippen molar-refractivity contribution in [1.82, 2.24) is 0 Å². The Labute approximate surface area is 159 Å². The molecular formula is C21H25NO5. The Bertz CT molecular complexity index is 812. The molecule has 0 radical (unpaired) electrons. The molecule has 2 aromatic rings. The lowest BCUT2D eigenvalue weighted by atomic mass is 10.0. The van der Waals surface area contributed by atoms with Crippen LogP contribution in [0.4, 0.5) is 5.69 Å². The van der Waals surface area contributed by atoms with Crippen LogP contribution in [0.2, 0.25) is 0 Å². The number of hydrogen-bond acceptors (Lipinski definition) is 4. The summed E-state index contributed by atoms with van der Waals surface area (Å²) in [6, 6.07) is 10.9. The first-order valence-corrected chi connectivity index (χ1v) is 8.73. The third-order valence-corrected chi connectivity index (χ3v) is 4.29. The summed E-state index contributed by atoms with van der Waals surface area (Å²) in [7, 11) is 2.85. The van der Waals surface area contributed by atoms with Crippen molar-refractivity contribution in [3.05, 3.63) is 53.1 Å². The van der Waals surface area contributed by atoms with E-state index in [1.54, 1.807) is 0 Å². The Hall–Kier alpha value is -3.02. The van der Waals surface area contributed by atoms with Crippen molar-refractivity contribution in [3.63, 3.8) is 0 Å². The molecule has 0 bridgehead atoms. The Balaban J connectivity index is 2.10. The molecule has 2 rings (SSSR count). The van der Waals surface area contributed by atoms with Crippen molar-refractivity contribution in [2.24, 2.45) is 0 Å². The number of carboxylic acids is 1. The number of rotatable bonds is 8. The highest BCUT2D eigenvalue weighted by Crippen LogP contribution is 2.36. The predicted molar refractivity (Wildman–Crippen MR) is 104 cm³/mol. The van der Waals surface area contributed by atoms with Crippen molar-refractivity contribution in [3.8, 4) is 11.5 Å². The van der Waals surface area contributed by atoms with Crippen LogP contribution in [-0.2, 0) is 11.2 Å². The second-order valence-electron chi connectivity index (χ2n) is 6.51. The molecule has 0 atom stereocenters. The first kappa shape index (κ1) is 20.3. The first-order valence-electron chi connectivity index (χ1n) is 8.73. The number of benzene rings is 2. The van der Waals surface area contributed by atoms with E-state index in [-0.39, 0.29) is 35.1 Å². The van der Waals surface area contributed by atoms with Gasteiger partial charge in [0.15, 0.2) is 11.5 Å². The van der Waals surface area contributed by atoms with Gasteiger partial charge in [-0.05, 0) is 35.6 Å². The van der Waals surface area contributed by atoms with E-state index in [0.717, 1.165) is 5.56 Å². The molecule has 6 nitrogen and oxygen atoms in total. The molecule has 2 N–H and O–H groups in total. The van der Waals surface area contributed by atoms with E-state index < -0.39 is 5.97 Å². The fourth-order valence-electron chi connectivity index (χ4n) is 2.72. The lowest BCUT2D eigenvalue weighted by Gasteiger charge is -2.15. The molecular weight excluding hydrogens is 346 g/mol. The Morgan fingerprint density at radius 1 is 1.07 bits per heavy atom. The van der Waals surface area contributed by atoms with Crippen LogP contribution < -0.4 is 14.8 Å². The molecule has 6 heteroatoms. The van der Waals surface area contributed by atoms with Crippen molar-refractivity contribution < 1.29 is 24.2 Å². The van der Waals surface area contributed by atoms with Gasteiger partial charge >= 0.3 is 5.97 Å². The summed E-state index contributed by atoms with van der Waals surface area (Å²) in [6.45, 7) is 4.27. The van der Waals surface area contributed by atoms with E-state index in [2.05, 4.69) is 31.3 Å². The largest absolute Gasteiger partial charge is 0.493 e. The van der Waals surface area contributed by atoms with E-state index in [0.29, 0.717) is 12.3 Å². The molecule has 0 saturated carbocycles. The zero-order chi connectivity index (χ0) is 20.0. The maximum Gasteiger partial charge on any atom is 0.335 e. The number of aromatic carboxylic acids is 1. The van der Waals surface area contributed by atoms with E-state index in [9.17, 15) is 14.7 Å². The van der Waals surface area contributed by atoms with E-state index >= 15 is 0 Å². The second-order valence-corrected chi connectivity index (χ2v) is 6.51. The average Bonchev–Trinajstić information content (AvgIpc) is 2.65. The molecule has 0 unspecified atom stereocenters. The fraction of sp³-hybridized carbons (Fsp3) is 0.333. The number of carbonyl (C=O) groups excluding carboxylic acids is 1. The number of methoxy groups -OCH3 is 2. The van der Waals surface area contributed by atoms with Crippen LogP contribution in [0.25, 0.3) is 0 Å². The smallest absolute Gasteiger partial charge is 0.335 e. The van der Waals surface area contributed by atoms with Gasteiger partial charge in [-0.2, -0.15) is 0 Å². The minimum Gasteiger partial charge on any atom is -0.493 e. The Kier molecular flexibility index (Phi) is 6.82. The van der Waals surface area contributed by atoms with Crippen molar-refractivity contribution in [1.29, 1.82) is 0 Å². The highest BCUT2D eigenvalue weighted by Gasteiger charge is 2.17.